The standard InChI is InChI=1S/C12H22N4O/c1-10(2)13-7-11-8-14-12(15-9-11)16(3)5-4-6-17/h8-10,13,17H,4-7H2,1-3H3. The molecule has 0 aliphatic carbocycles. The zero-order valence-corrected chi connectivity index (χ0v) is 10.8. The van der Waals surface area contributed by atoms with Gasteiger partial charge in [0, 0.05) is 50.7 Å². The van der Waals surface area contributed by atoms with Gasteiger partial charge >= 0.3 is 0 Å². The third-order valence-electron chi connectivity index (χ3n) is 2.40. The van der Waals surface area contributed by atoms with E-state index in [1.54, 1.807) is 0 Å². The number of aromatic nitrogens is 2. The third-order valence-corrected chi connectivity index (χ3v) is 2.40. The van der Waals surface area contributed by atoms with Gasteiger partial charge in [-0.2, -0.15) is 0 Å². The molecule has 1 heterocycles. The van der Waals surface area contributed by atoms with Crippen LogP contribution in [0.25, 0.3) is 0 Å². The summed E-state index contributed by atoms with van der Waals surface area (Å²) in [7, 11) is 1.93. The van der Waals surface area contributed by atoms with Crippen molar-refractivity contribution in [3.8, 4) is 0 Å². The van der Waals surface area contributed by atoms with Crippen LogP contribution < -0.4 is 10.2 Å². The molecule has 0 unspecified atom stereocenters. The van der Waals surface area contributed by atoms with Gasteiger partial charge in [0.15, 0.2) is 0 Å². The summed E-state index contributed by atoms with van der Waals surface area (Å²) in [6.07, 6.45) is 4.41. The molecule has 0 atom stereocenters. The second kappa shape index (κ2) is 7.19. The molecule has 1 rings (SSSR count). The maximum atomic E-state index is 8.75. The normalized spacial score (nSPS) is 10.9. The van der Waals surface area contributed by atoms with Gasteiger partial charge in [-0.05, 0) is 6.42 Å². The van der Waals surface area contributed by atoms with Crippen molar-refractivity contribution in [2.75, 3.05) is 25.1 Å². The molecule has 0 saturated heterocycles. The minimum Gasteiger partial charge on any atom is -0.396 e. The van der Waals surface area contributed by atoms with Crippen molar-refractivity contribution in [2.45, 2.75) is 32.9 Å². The second-order valence-electron chi connectivity index (χ2n) is 4.43. The lowest BCUT2D eigenvalue weighted by molar-refractivity contribution is 0.290. The molecule has 1 aromatic rings. The van der Waals surface area contributed by atoms with E-state index < -0.39 is 0 Å². The molecule has 0 saturated carbocycles. The summed E-state index contributed by atoms with van der Waals surface area (Å²) >= 11 is 0. The summed E-state index contributed by atoms with van der Waals surface area (Å²) in [6, 6.07) is 0.460. The predicted molar refractivity (Wildman–Crippen MR) is 69.0 cm³/mol. The first-order valence-electron chi connectivity index (χ1n) is 5.99. The van der Waals surface area contributed by atoms with Crippen LogP contribution in [0.5, 0.6) is 0 Å². The van der Waals surface area contributed by atoms with Gasteiger partial charge in [-0.15, -0.1) is 0 Å². The van der Waals surface area contributed by atoms with Gasteiger partial charge in [0.25, 0.3) is 0 Å². The second-order valence-corrected chi connectivity index (χ2v) is 4.43. The molecule has 0 spiro atoms. The Labute approximate surface area is 103 Å². The summed E-state index contributed by atoms with van der Waals surface area (Å²) in [5.41, 5.74) is 1.08. The first kappa shape index (κ1) is 13.9. The molecule has 0 bridgehead atoms. The van der Waals surface area contributed by atoms with Crippen molar-refractivity contribution in [1.29, 1.82) is 0 Å². The van der Waals surface area contributed by atoms with Crippen molar-refractivity contribution < 1.29 is 5.11 Å². The first-order valence-corrected chi connectivity index (χ1v) is 5.99. The van der Waals surface area contributed by atoms with Crippen LogP contribution in [-0.2, 0) is 6.54 Å². The van der Waals surface area contributed by atoms with E-state index in [1.165, 1.54) is 0 Å². The van der Waals surface area contributed by atoms with Crippen molar-refractivity contribution in [3.63, 3.8) is 0 Å². The number of hydrogen-bond donors (Lipinski definition) is 2. The monoisotopic (exact) mass is 238 g/mol. The van der Waals surface area contributed by atoms with E-state index in [1.807, 2.05) is 24.3 Å². The van der Waals surface area contributed by atoms with Crippen LogP contribution in [0.15, 0.2) is 12.4 Å². The van der Waals surface area contributed by atoms with Crippen LogP contribution in [0.4, 0.5) is 5.95 Å². The Kier molecular flexibility index (Phi) is 5.86. The fraction of sp³-hybridized carbons (Fsp3) is 0.667. The Balaban J connectivity index is 2.49. The van der Waals surface area contributed by atoms with Gasteiger partial charge in [0.05, 0.1) is 0 Å². The van der Waals surface area contributed by atoms with Gasteiger partial charge in [-0.1, -0.05) is 13.8 Å². The number of aliphatic hydroxyl groups is 1. The molecular weight excluding hydrogens is 216 g/mol. The highest BCUT2D eigenvalue weighted by molar-refractivity contribution is 5.28. The number of anilines is 1. The SMILES string of the molecule is CC(C)NCc1cnc(N(C)CCCO)nc1. The van der Waals surface area contributed by atoms with Crippen molar-refractivity contribution in [2.24, 2.45) is 0 Å². The summed E-state index contributed by atoms with van der Waals surface area (Å²) in [5, 5.41) is 12.1. The Morgan fingerprint density at radius 3 is 2.53 bits per heavy atom. The molecular formula is C12H22N4O. The highest BCUT2D eigenvalue weighted by Gasteiger charge is 2.03. The molecule has 0 aromatic carbocycles. The molecule has 0 amide bonds. The third kappa shape index (κ3) is 5.10. The van der Waals surface area contributed by atoms with Crippen molar-refractivity contribution in [3.05, 3.63) is 18.0 Å². The van der Waals surface area contributed by atoms with E-state index in [9.17, 15) is 0 Å². The molecule has 17 heavy (non-hydrogen) atoms. The van der Waals surface area contributed by atoms with Gasteiger partial charge in [0.1, 0.15) is 0 Å². The molecule has 2 N–H and O–H groups in total. The molecule has 0 fully saturated rings. The quantitative estimate of drug-likeness (QED) is 0.735. The van der Waals surface area contributed by atoms with Gasteiger partial charge in [-0.25, -0.2) is 9.97 Å². The zero-order valence-electron chi connectivity index (χ0n) is 10.8. The zero-order chi connectivity index (χ0) is 12.7. The molecule has 0 aliphatic rings. The number of aliphatic hydroxyl groups excluding tert-OH is 1. The Morgan fingerprint density at radius 1 is 1.35 bits per heavy atom. The smallest absolute Gasteiger partial charge is 0.224 e. The number of nitrogens with one attached hydrogen (secondary N) is 1. The van der Waals surface area contributed by atoms with Crippen LogP contribution in [0.3, 0.4) is 0 Å². The van der Waals surface area contributed by atoms with E-state index in [4.69, 9.17) is 5.11 Å². The maximum Gasteiger partial charge on any atom is 0.224 e. The summed E-state index contributed by atoms with van der Waals surface area (Å²) < 4.78 is 0. The van der Waals surface area contributed by atoms with E-state index in [0.717, 1.165) is 25.1 Å². The van der Waals surface area contributed by atoms with E-state index in [-0.39, 0.29) is 6.61 Å². The highest BCUT2D eigenvalue weighted by Crippen LogP contribution is 2.05. The molecule has 96 valence electrons. The van der Waals surface area contributed by atoms with Crippen LogP contribution in [0.1, 0.15) is 25.8 Å². The number of rotatable bonds is 7. The first-order chi connectivity index (χ1) is 8.13. The van der Waals surface area contributed by atoms with Crippen LogP contribution in [0, 0.1) is 0 Å². The van der Waals surface area contributed by atoms with Crippen molar-refractivity contribution >= 4 is 5.95 Å². The molecule has 0 radical (unpaired) electrons. The van der Waals surface area contributed by atoms with Gasteiger partial charge in [-0.3, -0.25) is 0 Å². The summed E-state index contributed by atoms with van der Waals surface area (Å²) in [5.74, 6) is 0.701. The van der Waals surface area contributed by atoms with Crippen LogP contribution >= 0.6 is 0 Å². The van der Waals surface area contributed by atoms with Crippen LogP contribution in [0.2, 0.25) is 0 Å². The summed E-state index contributed by atoms with van der Waals surface area (Å²) in [6.45, 7) is 5.97. The lowest BCUT2D eigenvalue weighted by Crippen LogP contribution is -2.23. The Bertz CT molecular complexity index is 313. The van der Waals surface area contributed by atoms with Crippen molar-refractivity contribution in [1.82, 2.24) is 15.3 Å². The fourth-order valence-electron chi connectivity index (χ4n) is 1.37. The van der Waals surface area contributed by atoms with E-state index >= 15 is 0 Å². The minimum absolute atomic E-state index is 0.195. The van der Waals surface area contributed by atoms with Gasteiger partial charge < -0.3 is 15.3 Å². The molecule has 0 aliphatic heterocycles. The Hall–Kier alpha value is -1.20. The minimum atomic E-state index is 0.195. The maximum absolute atomic E-state index is 8.75. The average molecular weight is 238 g/mol. The predicted octanol–water partition coefficient (Wildman–Crippen LogP) is 0.793. The average Bonchev–Trinajstić information content (AvgIpc) is 2.34. The number of nitrogens with zero attached hydrogens (tertiary/aromatic N) is 3. The highest BCUT2D eigenvalue weighted by atomic mass is 16.3. The summed E-state index contributed by atoms with van der Waals surface area (Å²) in [4.78, 5) is 10.5. The van der Waals surface area contributed by atoms with Crippen LogP contribution in [-0.4, -0.2) is 41.3 Å². The molecule has 5 heteroatoms. The topological polar surface area (TPSA) is 61.3 Å². The van der Waals surface area contributed by atoms with Gasteiger partial charge in [0.2, 0.25) is 5.95 Å². The van der Waals surface area contributed by atoms with E-state index in [0.29, 0.717) is 12.0 Å². The Morgan fingerprint density at radius 2 is 2.00 bits per heavy atom. The lowest BCUT2D eigenvalue weighted by Gasteiger charge is -2.16. The molecule has 1 aromatic heterocycles. The molecule has 5 nitrogen and oxygen atoms in total. The van der Waals surface area contributed by atoms with E-state index in [2.05, 4.69) is 29.1 Å². The number of hydrogen-bond acceptors (Lipinski definition) is 5. The largest absolute Gasteiger partial charge is 0.396 e. The fourth-order valence-corrected chi connectivity index (χ4v) is 1.37. The lowest BCUT2D eigenvalue weighted by atomic mass is 10.3.